The summed E-state index contributed by atoms with van der Waals surface area (Å²) in [5, 5.41) is 9.05. The summed E-state index contributed by atoms with van der Waals surface area (Å²) in [5.41, 5.74) is 4.10. The molecule has 0 bridgehead atoms. The lowest BCUT2D eigenvalue weighted by Crippen LogP contribution is -2.30. The second kappa shape index (κ2) is 9.18. The molecule has 2 aromatic rings. The van der Waals surface area contributed by atoms with Crippen molar-refractivity contribution in [2.45, 2.75) is 40.3 Å². The van der Waals surface area contributed by atoms with Crippen molar-refractivity contribution in [1.29, 1.82) is 0 Å². The number of ether oxygens (including phenoxy) is 1. The molecule has 0 aliphatic heterocycles. The van der Waals surface area contributed by atoms with Gasteiger partial charge in [-0.3, -0.25) is 14.7 Å². The molecule has 0 saturated heterocycles. The molecule has 134 valence electrons. The van der Waals surface area contributed by atoms with Crippen LogP contribution in [0.1, 0.15) is 35.7 Å². The Morgan fingerprint density at radius 2 is 1.96 bits per heavy atom. The fourth-order valence-corrected chi connectivity index (χ4v) is 2.97. The van der Waals surface area contributed by atoms with Gasteiger partial charge in [0.05, 0.1) is 12.2 Å². The third kappa shape index (κ3) is 5.87. The van der Waals surface area contributed by atoms with Crippen LogP contribution in [0.15, 0.2) is 36.5 Å². The van der Waals surface area contributed by atoms with E-state index < -0.39 is 5.97 Å². The molecule has 0 atom stereocenters. The minimum absolute atomic E-state index is 0.0594. The zero-order valence-electron chi connectivity index (χ0n) is 15.2. The number of nitrogens with zero attached hydrogens (tertiary/aromatic N) is 2. The van der Waals surface area contributed by atoms with E-state index in [1.807, 2.05) is 36.9 Å². The van der Waals surface area contributed by atoms with E-state index in [9.17, 15) is 4.79 Å². The minimum Gasteiger partial charge on any atom is -0.487 e. The van der Waals surface area contributed by atoms with E-state index in [1.165, 1.54) is 0 Å². The van der Waals surface area contributed by atoms with Gasteiger partial charge in [-0.2, -0.15) is 0 Å². The van der Waals surface area contributed by atoms with Crippen LogP contribution >= 0.6 is 0 Å². The van der Waals surface area contributed by atoms with E-state index in [2.05, 4.69) is 24.0 Å². The molecule has 1 heterocycles. The number of carbonyl (C=O) groups is 1. The molecule has 0 spiro atoms. The van der Waals surface area contributed by atoms with Crippen LogP contribution in [0.4, 0.5) is 0 Å². The van der Waals surface area contributed by atoms with Crippen molar-refractivity contribution in [2.75, 3.05) is 13.1 Å². The van der Waals surface area contributed by atoms with Crippen molar-refractivity contribution in [3.05, 3.63) is 58.9 Å². The Labute approximate surface area is 149 Å². The van der Waals surface area contributed by atoms with E-state index in [0.29, 0.717) is 13.2 Å². The summed E-state index contributed by atoms with van der Waals surface area (Å²) in [6.45, 7) is 7.98. The van der Waals surface area contributed by atoms with Crippen LogP contribution < -0.4 is 4.74 Å². The summed E-state index contributed by atoms with van der Waals surface area (Å²) < 4.78 is 5.96. The maximum Gasteiger partial charge on any atom is 0.317 e. The highest BCUT2D eigenvalue weighted by Crippen LogP contribution is 2.26. The lowest BCUT2D eigenvalue weighted by molar-refractivity contribution is -0.138. The van der Waals surface area contributed by atoms with E-state index in [4.69, 9.17) is 9.84 Å². The van der Waals surface area contributed by atoms with Gasteiger partial charge in [-0.25, -0.2) is 0 Å². The maximum atomic E-state index is 11.0. The number of aromatic nitrogens is 1. The van der Waals surface area contributed by atoms with E-state index >= 15 is 0 Å². The second-order valence-corrected chi connectivity index (χ2v) is 6.27. The molecule has 2 rings (SSSR count). The zero-order valence-corrected chi connectivity index (χ0v) is 15.2. The molecule has 5 nitrogen and oxygen atoms in total. The molecule has 0 fully saturated rings. The highest BCUT2D eigenvalue weighted by Gasteiger charge is 2.12. The number of hydrogen-bond acceptors (Lipinski definition) is 4. The van der Waals surface area contributed by atoms with Crippen LogP contribution in [0.3, 0.4) is 0 Å². The van der Waals surface area contributed by atoms with Crippen LogP contribution in [0.2, 0.25) is 0 Å². The zero-order chi connectivity index (χ0) is 18.2. The van der Waals surface area contributed by atoms with Crippen molar-refractivity contribution in [1.82, 2.24) is 9.88 Å². The van der Waals surface area contributed by atoms with Gasteiger partial charge in [0.2, 0.25) is 0 Å². The number of aryl methyl sites for hydroxylation is 2. The normalized spacial score (nSPS) is 10.9. The third-order valence-electron chi connectivity index (χ3n) is 3.92. The predicted molar refractivity (Wildman–Crippen MR) is 97.7 cm³/mol. The average molecular weight is 342 g/mol. The van der Waals surface area contributed by atoms with Gasteiger partial charge < -0.3 is 9.84 Å². The Hall–Kier alpha value is -2.40. The molecule has 25 heavy (non-hydrogen) atoms. The van der Waals surface area contributed by atoms with Crippen LogP contribution in [0.25, 0.3) is 0 Å². The van der Waals surface area contributed by atoms with Gasteiger partial charge in [-0.15, -0.1) is 0 Å². The molecule has 0 amide bonds. The summed E-state index contributed by atoms with van der Waals surface area (Å²) in [5.74, 6) is 0.0758. The van der Waals surface area contributed by atoms with Gasteiger partial charge >= 0.3 is 5.97 Å². The molecule has 0 radical (unpaired) electrons. The van der Waals surface area contributed by atoms with Crippen LogP contribution in [-0.4, -0.2) is 34.0 Å². The van der Waals surface area contributed by atoms with Crippen LogP contribution in [0, 0.1) is 13.8 Å². The fourth-order valence-electron chi connectivity index (χ4n) is 2.97. The Bertz CT molecular complexity index is 678. The van der Waals surface area contributed by atoms with Gasteiger partial charge in [0, 0.05) is 12.7 Å². The topological polar surface area (TPSA) is 62.7 Å². The van der Waals surface area contributed by atoms with Gasteiger partial charge in [-0.1, -0.05) is 25.1 Å². The Kier molecular flexibility index (Phi) is 6.95. The first kappa shape index (κ1) is 18.9. The van der Waals surface area contributed by atoms with Crippen molar-refractivity contribution in [2.24, 2.45) is 0 Å². The first-order valence-corrected chi connectivity index (χ1v) is 8.56. The Balaban J connectivity index is 2.08. The molecular formula is C20H26N2O3. The number of pyridine rings is 1. The largest absolute Gasteiger partial charge is 0.487 e. The average Bonchev–Trinajstić information content (AvgIpc) is 2.54. The van der Waals surface area contributed by atoms with Crippen molar-refractivity contribution in [3.8, 4) is 5.75 Å². The summed E-state index contributed by atoms with van der Waals surface area (Å²) in [6.07, 6.45) is 2.68. The predicted octanol–water partition coefficient (Wildman–Crippen LogP) is 3.57. The standard InChI is InChI=1S/C20H26N2O3/c1-4-9-22(13-19(23)24)12-17-10-15(2)20(16(3)11-17)25-14-18-7-5-6-8-21-18/h5-8,10-11H,4,9,12-14H2,1-3H3,(H,23,24). The quantitative estimate of drug-likeness (QED) is 0.755. The fraction of sp³-hybridized carbons (Fsp3) is 0.400. The molecule has 0 aliphatic carbocycles. The SMILES string of the molecule is CCCN(CC(=O)O)Cc1cc(C)c(OCc2ccccn2)c(C)c1. The Morgan fingerprint density at radius 1 is 1.24 bits per heavy atom. The van der Waals surface area contributed by atoms with E-state index in [-0.39, 0.29) is 6.54 Å². The van der Waals surface area contributed by atoms with Gasteiger partial charge in [0.25, 0.3) is 0 Å². The first-order valence-electron chi connectivity index (χ1n) is 8.56. The van der Waals surface area contributed by atoms with Crippen LogP contribution in [-0.2, 0) is 17.9 Å². The molecular weight excluding hydrogens is 316 g/mol. The van der Waals surface area contributed by atoms with E-state index in [1.54, 1.807) is 6.20 Å². The van der Waals surface area contributed by atoms with Gasteiger partial charge in [0.15, 0.2) is 0 Å². The monoisotopic (exact) mass is 342 g/mol. The third-order valence-corrected chi connectivity index (χ3v) is 3.92. The first-order chi connectivity index (χ1) is 12.0. The van der Waals surface area contributed by atoms with Crippen molar-refractivity contribution < 1.29 is 14.6 Å². The highest BCUT2D eigenvalue weighted by molar-refractivity contribution is 5.69. The summed E-state index contributed by atoms with van der Waals surface area (Å²) >= 11 is 0. The smallest absolute Gasteiger partial charge is 0.317 e. The summed E-state index contributed by atoms with van der Waals surface area (Å²) in [4.78, 5) is 17.2. The molecule has 5 heteroatoms. The van der Waals surface area contributed by atoms with Gasteiger partial charge in [-0.05, 0) is 55.6 Å². The minimum atomic E-state index is -0.794. The molecule has 0 unspecified atom stereocenters. The molecule has 1 aromatic heterocycles. The second-order valence-electron chi connectivity index (χ2n) is 6.27. The van der Waals surface area contributed by atoms with Gasteiger partial charge in [0.1, 0.15) is 12.4 Å². The summed E-state index contributed by atoms with van der Waals surface area (Å²) in [7, 11) is 0. The molecule has 1 aromatic carbocycles. The maximum absolute atomic E-state index is 11.0. The summed E-state index contributed by atoms with van der Waals surface area (Å²) in [6, 6.07) is 9.91. The molecule has 1 N–H and O–H groups in total. The number of hydrogen-bond donors (Lipinski definition) is 1. The molecule has 0 saturated carbocycles. The van der Waals surface area contributed by atoms with Crippen LogP contribution in [0.5, 0.6) is 5.75 Å². The number of benzene rings is 1. The number of rotatable bonds is 9. The molecule has 0 aliphatic rings. The van der Waals surface area contributed by atoms with Crippen molar-refractivity contribution >= 4 is 5.97 Å². The van der Waals surface area contributed by atoms with Crippen molar-refractivity contribution in [3.63, 3.8) is 0 Å². The van der Waals surface area contributed by atoms with E-state index in [0.717, 1.165) is 41.1 Å². The number of aliphatic carboxylic acids is 1. The lowest BCUT2D eigenvalue weighted by atomic mass is 10.0. The Morgan fingerprint density at radius 3 is 2.52 bits per heavy atom. The number of carboxylic acid groups (broad SMARTS) is 1. The lowest BCUT2D eigenvalue weighted by Gasteiger charge is -2.21. The highest BCUT2D eigenvalue weighted by atomic mass is 16.5. The number of carboxylic acids is 1.